The molecule has 2 N–H and O–H groups in total. The average Bonchev–Trinajstić information content (AvgIpc) is 2.95. The second-order valence-electron chi connectivity index (χ2n) is 8.22. The van der Waals surface area contributed by atoms with Gasteiger partial charge in [0.1, 0.15) is 5.84 Å². The number of amidine groups is 1. The molecule has 4 rings (SSSR count). The molecule has 0 aromatic heterocycles. The summed E-state index contributed by atoms with van der Waals surface area (Å²) in [7, 11) is 0. The summed E-state index contributed by atoms with van der Waals surface area (Å²) >= 11 is 12.5. The third-order valence-corrected chi connectivity index (χ3v) is 6.52. The molecule has 2 aliphatic rings. The first-order chi connectivity index (χ1) is 14.4. The van der Waals surface area contributed by atoms with Crippen molar-refractivity contribution in [1.29, 1.82) is 0 Å². The zero-order chi connectivity index (χ0) is 21.7. The van der Waals surface area contributed by atoms with Crippen LogP contribution < -0.4 is 10.6 Å². The first-order valence-corrected chi connectivity index (χ1v) is 11.9. The van der Waals surface area contributed by atoms with Crippen LogP contribution in [0.3, 0.4) is 0 Å². The Labute approximate surface area is 191 Å². The molecule has 3 nitrogen and oxygen atoms in total. The molecule has 1 saturated carbocycles. The van der Waals surface area contributed by atoms with E-state index in [4.69, 9.17) is 28.2 Å². The molecule has 0 radical (unpaired) electrons. The summed E-state index contributed by atoms with van der Waals surface area (Å²) in [4.78, 5) is 5.07. The lowest BCUT2D eigenvalue weighted by Gasteiger charge is -2.41. The van der Waals surface area contributed by atoms with E-state index in [1.54, 1.807) is 0 Å². The minimum absolute atomic E-state index is 0.153. The smallest absolute Gasteiger partial charge is 0.127 e. The lowest BCUT2D eigenvalue weighted by Crippen LogP contribution is -2.52. The molecule has 1 aliphatic carbocycles. The molecular formula is C25H33Cl2N3. The Kier molecular flexibility index (Phi) is 7.70. The van der Waals surface area contributed by atoms with Crippen molar-refractivity contribution in [1.82, 2.24) is 0 Å². The van der Waals surface area contributed by atoms with Crippen molar-refractivity contribution in [2.24, 2.45) is 4.99 Å². The third kappa shape index (κ3) is 5.12. The Bertz CT molecular complexity index is 893. The van der Waals surface area contributed by atoms with Gasteiger partial charge >= 0.3 is 0 Å². The molecule has 2 aromatic rings. The van der Waals surface area contributed by atoms with Gasteiger partial charge in [0.25, 0.3) is 0 Å². The van der Waals surface area contributed by atoms with Gasteiger partial charge in [-0.05, 0) is 44.4 Å². The number of halogens is 2. The van der Waals surface area contributed by atoms with Gasteiger partial charge in [0.2, 0.25) is 0 Å². The minimum Gasteiger partial charge on any atom is -0.371 e. The van der Waals surface area contributed by atoms with Gasteiger partial charge in [-0.25, -0.2) is 0 Å². The van der Waals surface area contributed by atoms with Crippen LogP contribution in [0.5, 0.6) is 0 Å². The maximum atomic E-state index is 6.28. The number of hydrogen-bond donors (Lipinski definition) is 2. The normalized spacial score (nSPS) is 18.5. The van der Waals surface area contributed by atoms with Crippen molar-refractivity contribution in [3.05, 3.63) is 57.1 Å². The highest BCUT2D eigenvalue weighted by atomic mass is 35.5. The van der Waals surface area contributed by atoms with Gasteiger partial charge in [0.15, 0.2) is 0 Å². The zero-order valence-corrected chi connectivity index (χ0v) is 20.1. The molecule has 0 bridgehead atoms. The van der Waals surface area contributed by atoms with Crippen LogP contribution in [0.4, 0.5) is 11.4 Å². The van der Waals surface area contributed by atoms with E-state index in [2.05, 4.69) is 42.7 Å². The number of benzene rings is 2. The van der Waals surface area contributed by atoms with Crippen molar-refractivity contribution in [2.45, 2.75) is 78.3 Å². The Hall–Kier alpha value is -1.71. The number of anilines is 2. The third-order valence-electron chi connectivity index (χ3n) is 5.80. The van der Waals surface area contributed by atoms with E-state index in [0.29, 0.717) is 16.6 Å². The molecular weight excluding hydrogens is 413 g/mol. The quantitative estimate of drug-likeness (QED) is 0.488. The molecule has 30 heavy (non-hydrogen) atoms. The fraction of sp³-hybridized carbons (Fsp3) is 0.480. The van der Waals surface area contributed by atoms with Crippen LogP contribution in [0.25, 0.3) is 0 Å². The standard InChI is InChI=1S/C23H27Cl2N3.C2H6/c1-15-9-16(2)11-17(10-15)14-26-22-23(7-5-3-4-6-8-23)28-21-13-19(25)18(24)12-20(21)27-22;1-2/h9-13,28H,3-8,14H2,1-2H3,(H,26,27);1-2H3. The van der Waals surface area contributed by atoms with E-state index < -0.39 is 0 Å². The van der Waals surface area contributed by atoms with Gasteiger partial charge in [-0.3, -0.25) is 4.99 Å². The molecule has 2 aromatic carbocycles. The van der Waals surface area contributed by atoms with E-state index in [0.717, 1.165) is 30.1 Å². The molecule has 1 heterocycles. The van der Waals surface area contributed by atoms with E-state index >= 15 is 0 Å². The number of fused-ring (bicyclic) bond motifs is 1. The van der Waals surface area contributed by atoms with Crippen LogP contribution >= 0.6 is 23.2 Å². The predicted molar refractivity (Wildman–Crippen MR) is 133 cm³/mol. The average molecular weight is 446 g/mol. The molecule has 5 heteroatoms. The Morgan fingerprint density at radius 3 is 2.00 bits per heavy atom. The van der Waals surface area contributed by atoms with Crippen LogP contribution in [-0.4, -0.2) is 11.4 Å². The Balaban J connectivity index is 0.00000124. The van der Waals surface area contributed by atoms with E-state index in [1.165, 1.54) is 42.4 Å². The lowest BCUT2D eigenvalue weighted by molar-refractivity contribution is 0.524. The van der Waals surface area contributed by atoms with Crippen molar-refractivity contribution < 1.29 is 0 Å². The highest BCUT2D eigenvalue weighted by Gasteiger charge is 2.40. The molecule has 1 spiro atoms. The monoisotopic (exact) mass is 445 g/mol. The van der Waals surface area contributed by atoms with Crippen molar-refractivity contribution in [3.63, 3.8) is 0 Å². The highest BCUT2D eigenvalue weighted by molar-refractivity contribution is 6.42. The maximum Gasteiger partial charge on any atom is 0.127 e. The Morgan fingerprint density at radius 1 is 0.833 bits per heavy atom. The summed E-state index contributed by atoms with van der Waals surface area (Å²) in [5.74, 6) is 1.03. The van der Waals surface area contributed by atoms with Crippen molar-refractivity contribution in [3.8, 4) is 0 Å². The summed E-state index contributed by atoms with van der Waals surface area (Å²) in [6, 6.07) is 10.5. The number of hydrogen-bond acceptors (Lipinski definition) is 2. The number of rotatable bonds is 2. The van der Waals surface area contributed by atoms with Gasteiger partial charge in [0.05, 0.1) is 33.5 Å². The number of nitrogens with zero attached hydrogens (tertiary/aromatic N) is 1. The van der Waals surface area contributed by atoms with Gasteiger partial charge in [0, 0.05) is 0 Å². The number of aliphatic imine (C=N–C) groups is 1. The topological polar surface area (TPSA) is 36.4 Å². The molecule has 1 aliphatic heterocycles. The first-order valence-electron chi connectivity index (χ1n) is 11.1. The maximum absolute atomic E-state index is 6.28. The summed E-state index contributed by atoms with van der Waals surface area (Å²) in [6.07, 6.45) is 7.11. The van der Waals surface area contributed by atoms with Crippen LogP contribution in [0, 0.1) is 13.8 Å². The number of nitrogens with one attached hydrogen (secondary N) is 2. The second kappa shape index (κ2) is 10.1. The summed E-state index contributed by atoms with van der Waals surface area (Å²) in [5, 5.41) is 8.52. The zero-order valence-electron chi connectivity index (χ0n) is 18.5. The predicted octanol–water partition coefficient (Wildman–Crippen LogP) is 8.17. The molecule has 0 saturated heterocycles. The van der Waals surface area contributed by atoms with E-state index in [9.17, 15) is 0 Å². The first kappa shape index (κ1) is 23.0. The van der Waals surface area contributed by atoms with Crippen LogP contribution in [0.1, 0.15) is 69.1 Å². The van der Waals surface area contributed by atoms with Crippen LogP contribution in [0.15, 0.2) is 35.3 Å². The minimum atomic E-state index is -0.153. The van der Waals surface area contributed by atoms with Gasteiger partial charge in [-0.1, -0.05) is 92.1 Å². The van der Waals surface area contributed by atoms with Gasteiger partial charge < -0.3 is 10.6 Å². The largest absolute Gasteiger partial charge is 0.371 e. The fourth-order valence-electron chi connectivity index (χ4n) is 4.53. The molecule has 1 fully saturated rings. The van der Waals surface area contributed by atoms with E-state index in [-0.39, 0.29) is 5.54 Å². The summed E-state index contributed by atoms with van der Waals surface area (Å²) in [6.45, 7) is 8.95. The van der Waals surface area contributed by atoms with Gasteiger partial charge in [-0.2, -0.15) is 0 Å². The summed E-state index contributed by atoms with van der Waals surface area (Å²) in [5.41, 5.74) is 5.61. The Morgan fingerprint density at radius 2 is 1.40 bits per heavy atom. The SMILES string of the molecule is CC.Cc1cc(C)cc(CN=C2Nc3cc(Cl)c(Cl)cc3NC23CCCCCC3)c1. The highest BCUT2D eigenvalue weighted by Crippen LogP contribution is 2.42. The fourth-order valence-corrected chi connectivity index (χ4v) is 4.86. The summed E-state index contributed by atoms with van der Waals surface area (Å²) < 4.78 is 0. The van der Waals surface area contributed by atoms with Crippen LogP contribution in [0.2, 0.25) is 10.0 Å². The molecule has 162 valence electrons. The van der Waals surface area contributed by atoms with Crippen LogP contribution in [-0.2, 0) is 6.54 Å². The van der Waals surface area contributed by atoms with Crippen molar-refractivity contribution in [2.75, 3.05) is 10.6 Å². The molecule has 0 amide bonds. The lowest BCUT2D eigenvalue weighted by atomic mass is 9.86. The number of aryl methyl sites for hydroxylation is 2. The second-order valence-corrected chi connectivity index (χ2v) is 9.03. The molecule has 0 atom stereocenters. The molecule has 0 unspecified atom stereocenters. The van der Waals surface area contributed by atoms with Crippen molar-refractivity contribution >= 4 is 40.4 Å². The van der Waals surface area contributed by atoms with Gasteiger partial charge in [-0.15, -0.1) is 0 Å². The van der Waals surface area contributed by atoms with E-state index in [1.807, 2.05) is 26.0 Å².